The van der Waals surface area contributed by atoms with Gasteiger partial charge in [-0.1, -0.05) is 45.7 Å². The Morgan fingerprint density at radius 1 is 1.19 bits per heavy atom. The average molecular weight is 369 g/mol. The van der Waals surface area contributed by atoms with Gasteiger partial charge >= 0.3 is 0 Å². The van der Waals surface area contributed by atoms with Gasteiger partial charge in [-0.05, 0) is 55.3 Å². The van der Waals surface area contributed by atoms with Crippen LogP contribution >= 0.6 is 27.5 Å². The summed E-state index contributed by atoms with van der Waals surface area (Å²) in [5.74, 6) is 0.893. The summed E-state index contributed by atoms with van der Waals surface area (Å²) in [6.07, 6.45) is 2.02. The summed E-state index contributed by atoms with van der Waals surface area (Å²) in [6.45, 7) is 0. The molecule has 0 radical (unpaired) electrons. The monoisotopic (exact) mass is 367 g/mol. The van der Waals surface area contributed by atoms with E-state index in [0.717, 1.165) is 28.1 Å². The fraction of sp³-hybridized carbons (Fsp3) is 0.294. The molecule has 2 nitrogen and oxygen atoms in total. The highest BCUT2D eigenvalue weighted by atomic mass is 79.9. The lowest BCUT2D eigenvalue weighted by molar-refractivity contribution is 0.414. The highest BCUT2D eigenvalue weighted by Gasteiger charge is 2.13. The van der Waals surface area contributed by atoms with Crippen molar-refractivity contribution >= 4 is 27.5 Å². The van der Waals surface area contributed by atoms with Gasteiger partial charge in [0.25, 0.3) is 0 Å². The van der Waals surface area contributed by atoms with Gasteiger partial charge in [0.15, 0.2) is 0 Å². The molecule has 1 unspecified atom stereocenters. The molecule has 2 aromatic carbocycles. The second-order valence-corrected chi connectivity index (χ2v) is 6.18. The zero-order valence-electron chi connectivity index (χ0n) is 12.2. The van der Waals surface area contributed by atoms with Crippen molar-refractivity contribution in [3.63, 3.8) is 0 Å². The van der Waals surface area contributed by atoms with Crippen LogP contribution in [0.4, 0.5) is 0 Å². The second-order valence-electron chi connectivity index (χ2n) is 4.89. The maximum Gasteiger partial charge on any atom is 0.118 e. The normalized spacial score (nSPS) is 12.2. The summed E-state index contributed by atoms with van der Waals surface area (Å²) in [5.41, 5.74) is 2.54. The van der Waals surface area contributed by atoms with E-state index in [4.69, 9.17) is 16.3 Å². The molecule has 0 aromatic heterocycles. The Morgan fingerprint density at radius 3 is 2.48 bits per heavy atom. The summed E-state index contributed by atoms with van der Waals surface area (Å²) in [6, 6.07) is 14.5. The topological polar surface area (TPSA) is 21.3 Å². The Labute approximate surface area is 139 Å². The highest BCUT2D eigenvalue weighted by molar-refractivity contribution is 9.10. The fourth-order valence-electron chi connectivity index (χ4n) is 2.34. The molecule has 21 heavy (non-hydrogen) atoms. The predicted octanol–water partition coefficient (Wildman–Crippen LogP) is 5.00. The molecule has 0 saturated heterocycles. The largest absolute Gasteiger partial charge is 0.497 e. The van der Waals surface area contributed by atoms with Crippen LogP contribution in [-0.4, -0.2) is 14.2 Å². The van der Waals surface area contributed by atoms with Crippen LogP contribution in [0, 0.1) is 0 Å². The van der Waals surface area contributed by atoms with Crippen molar-refractivity contribution in [3.05, 3.63) is 63.1 Å². The van der Waals surface area contributed by atoms with E-state index in [1.807, 2.05) is 31.3 Å². The first-order valence-corrected chi connectivity index (χ1v) is 8.06. The summed E-state index contributed by atoms with van der Waals surface area (Å²) in [5, 5.41) is 4.12. The minimum absolute atomic E-state index is 0.291. The van der Waals surface area contributed by atoms with Crippen molar-refractivity contribution in [3.8, 4) is 5.75 Å². The van der Waals surface area contributed by atoms with Gasteiger partial charge in [-0.25, -0.2) is 0 Å². The second kappa shape index (κ2) is 7.83. The molecule has 2 aromatic rings. The van der Waals surface area contributed by atoms with Crippen LogP contribution in [0.3, 0.4) is 0 Å². The van der Waals surface area contributed by atoms with Crippen LogP contribution in [0.25, 0.3) is 0 Å². The van der Waals surface area contributed by atoms with Gasteiger partial charge in [-0.15, -0.1) is 0 Å². The average Bonchev–Trinajstić information content (AvgIpc) is 2.50. The van der Waals surface area contributed by atoms with Crippen molar-refractivity contribution in [2.75, 3.05) is 14.2 Å². The van der Waals surface area contributed by atoms with E-state index in [0.29, 0.717) is 6.04 Å². The summed E-state index contributed by atoms with van der Waals surface area (Å²) < 4.78 is 6.23. The Bertz CT molecular complexity index is 586. The van der Waals surface area contributed by atoms with Crippen LogP contribution in [0.2, 0.25) is 5.02 Å². The van der Waals surface area contributed by atoms with Crippen LogP contribution in [-0.2, 0) is 6.42 Å². The number of halogens is 2. The number of rotatable bonds is 6. The molecule has 4 heteroatoms. The number of nitrogens with one attached hydrogen (secondary N) is 1. The van der Waals surface area contributed by atoms with E-state index >= 15 is 0 Å². The van der Waals surface area contributed by atoms with Gasteiger partial charge in [0, 0.05) is 15.5 Å². The minimum atomic E-state index is 0.291. The lowest BCUT2D eigenvalue weighted by Crippen LogP contribution is -2.17. The molecule has 0 aliphatic heterocycles. The summed E-state index contributed by atoms with van der Waals surface area (Å²) in [7, 11) is 3.67. The molecular formula is C17H19BrClNO. The van der Waals surface area contributed by atoms with Crippen molar-refractivity contribution in [2.45, 2.75) is 18.9 Å². The van der Waals surface area contributed by atoms with Gasteiger partial charge in [0.2, 0.25) is 0 Å². The first kappa shape index (κ1) is 16.3. The number of hydrogen-bond donors (Lipinski definition) is 1. The molecule has 2 rings (SSSR count). The zero-order chi connectivity index (χ0) is 15.2. The van der Waals surface area contributed by atoms with Gasteiger partial charge < -0.3 is 10.1 Å². The number of ether oxygens (including phenoxy) is 1. The van der Waals surface area contributed by atoms with E-state index < -0.39 is 0 Å². The first-order valence-electron chi connectivity index (χ1n) is 6.89. The summed E-state index contributed by atoms with van der Waals surface area (Å²) >= 11 is 9.60. The molecule has 0 heterocycles. The number of aryl methyl sites for hydroxylation is 1. The van der Waals surface area contributed by atoms with E-state index in [9.17, 15) is 0 Å². The Kier molecular flexibility index (Phi) is 6.09. The standard InChI is InChI=1S/C17H19BrClNO/c1-20-17(15-9-6-13(19)11-16(15)18)10-5-12-3-7-14(21-2)8-4-12/h3-4,6-9,11,17,20H,5,10H2,1-2H3. The molecule has 0 amide bonds. The van der Waals surface area contributed by atoms with E-state index in [2.05, 4.69) is 39.4 Å². The third-order valence-corrected chi connectivity index (χ3v) is 4.49. The van der Waals surface area contributed by atoms with Gasteiger partial charge in [0.1, 0.15) is 5.75 Å². The zero-order valence-corrected chi connectivity index (χ0v) is 14.5. The molecule has 1 atom stereocenters. The molecule has 0 fully saturated rings. The molecule has 0 bridgehead atoms. The molecule has 0 spiro atoms. The Balaban J connectivity index is 2.04. The lowest BCUT2D eigenvalue weighted by Gasteiger charge is -2.18. The van der Waals surface area contributed by atoms with Crippen LogP contribution in [0.1, 0.15) is 23.6 Å². The van der Waals surface area contributed by atoms with E-state index in [1.54, 1.807) is 7.11 Å². The third kappa shape index (κ3) is 4.47. The third-order valence-electron chi connectivity index (χ3n) is 3.57. The highest BCUT2D eigenvalue weighted by Crippen LogP contribution is 2.29. The van der Waals surface area contributed by atoms with Gasteiger partial charge in [0.05, 0.1) is 7.11 Å². The van der Waals surface area contributed by atoms with E-state index in [-0.39, 0.29) is 0 Å². The van der Waals surface area contributed by atoms with Crippen molar-refractivity contribution < 1.29 is 4.74 Å². The number of methoxy groups -OCH3 is 1. The maximum atomic E-state index is 6.00. The predicted molar refractivity (Wildman–Crippen MR) is 92.3 cm³/mol. The van der Waals surface area contributed by atoms with Crippen molar-refractivity contribution in [1.82, 2.24) is 5.32 Å². The molecular weight excluding hydrogens is 350 g/mol. The number of benzene rings is 2. The molecule has 1 N–H and O–H groups in total. The van der Waals surface area contributed by atoms with Gasteiger partial charge in [-0.2, -0.15) is 0 Å². The van der Waals surface area contributed by atoms with Crippen LogP contribution < -0.4 is 10.1 Å². The molecule has 0 aliphatic rings. The Morgan fingerprint density at radius 2 is 1.90 bits per heavy atom. The molecule has 0 aliphatic carbocycles. The molecule has 112 valence electrons. The summed E-state index contributed by atoms with van der Waals surface area (Å²) in [4.78, 5) is 0. The number of hydrogen-bond acceptors (Lipinski definition) is 2. The Hall–Kier alpha value is -1.03. The minimum Gasteiger partial charge on any atom is -0.497 e. The van der Waals surface area contributed by atoms with Crippen molar-refractivity contribution in [2.24, 2.45) is 0 Å². The van der Waals surface area contributed by atoms with Gasteiger partial charge in [-0.3, -0.25) is 0 Å². The SMILES string of the molecule is CNC(CCc1ccc(OC)cc1)c1ccc(Cl)cc1Br. The maximum absolute atomic E-state index is 6.00. The van der Waals surface area contributed by atoms with Crippen LogP contribution in [0.15, 0.2) is 46.9 Å². The quantitative estimate of drug-likeness (QED) is 0.774. The fourth-order valence-corrected chi connectivity index (χ4v) is 3.30. The smallest absolute Gasteiger partial charge is 0.118 e. The lowest BCUT2D eigenvalue weighted by atomic mass is 9.99. The molecule has 0 saturated carbocycles. The van der Waals surface area contributed by atoms with E-state index in [1.165, 1.54) is 11.1 Å². The van der Waals surface area contributed by atoms with Crippen LogP contribution in [0.5, 0.6) is 5.75 Å². The first-order chi connectivity index (χ1) is 10.1. The van der Waals surface area contributed by atoms with Crippen molar-refractivity contribution in [1.29, 1.82) is 0 Å².